The van der Waals surface area contributed by atoms with Crippen LogP contribution in [0.25, 0.3) is 11.3 Å². The Morgan fingerprint density at radius 1 is 1.24 bits per heavy atom. The van der Waals surface area contributed by atoms with Crippen LogP contribution in [-0.4, -0.2) is 21.2 Å². The number of carboxylic acids is 1. The summed E-state index contributed by atoms with van der Waals surface area (Å²) in [7, 11) is 0. The van der Waals surface area contributed by atoms with Gasteiger partial charge in [-0.1, -0.05) is 17.7 Å². The highest BCUT2D eigenvalue weighted by atomic mass is 35.5. The normalized spacial score (nSPS) is 10.2. The Bertz CT molecular complexity index is 584. The zero-order valence-electron chi connectivity index (χ0n) is 8.59. The van der Waals surface area contributed by atoms with E-state index in [9.17, 15) is 9.90 Å². The summed E-state index contributed by atoms with van der Waals surface area (Å²) < 4.78 is 0. The number of aromatic nitrogens is 1. The van der Waals surface area contributed by atoms with Gasteiger partial charge in [0.25, 0.3) is 0 Å². The summed E-state index contributed by atoms with van der Waals surface area (Å²) in [6, 6.07) is 9.02. The maximum Gasteiger partial charge on any atom is 0.354 e. The molecule has 0 saturated carbocycles. The minimum Gasteiger partial charge on any atom is -0.508 e. The van der Waals surface area contributed by atoms with Gasteiger partial charge in [0, 0.05) is 5.56 Å². The average Bonchev–Trinajstić information content (AvgIpc) is 2.32. The number of aromatic hydroxyl groups is 1. The van der Waals surface area contributed by atoms with Crippen LogP contribution < -0.4 is 0 Å². The third kappa shape index (κ3) is 2.37. The lowest BCUT2D eigenvalue weighted by atomic mass is 10.1. The molecule has 0 amide bonds. The lowest BCUT2D eigenvalue weighted by Gasteiger charge is -2.05. The molecule has 0 saturated heterocycles. The molecule has 0 aliphatic carbocycles. The van der Waals surface area contributed by atoms with E-state index in [1.165, 1.54) is 24.3 Å². The number of nitrogens with zero attached hydrogens (tertiary/aromatic N) is 1. The first-order valence-corrected chi connectivity index (χ1v) is 5.15. The molecule has 1 aromatic heterocycles. The number of rotatable bonds is 2. The summed E-state index contributed by atoms with van der Waals surface area (Å²) in [6.45, 7) is 0. The Balaban J connectivity index is 2.56. The lowest BCUT2D eigenvalue weighted by Crippen LogP contribution is -2.00. The molecule has 0 radical (unpaired) electrons. The Kier molecular flexibility index (Phi) is 2.97. The van der Waals surface area contributed by atoms with Gasteiger partial charge in [0.1, 0.15) is 11.4 Å². The van der Waals surface area contributed by atoms with Crippen molar-refractivity contribution in [2.45, 2.75) is 0 Å². The minimum atomic E-state index is -1.11. The van der Waals surface area contributed by atoms with Crippen LogP contribution in [0.3, 0.4) is 0 Å². The number of carbonyl (C=O) groups is 1. The van der Waals surface area contributed by atoms with Gasteiger partial charge in [-0.3, -0.25) is 0 Å². The maximum atomic E-state index is 10.8. The highest BCUT2D eigenvalue weighted by Gasteiger charge is 2.09. The molecule has 0 fully saturated rings. The van der Waals surface area contributed by atoms with E-state index in [2.05, 4.69) is 4.98 Å². The first kappa shape index (κ1) is 11.4. The van der Waals surface area contributed by atoms with Crippen molar-refractivity contribution >= 4 is 17.6 Å². The van der Waals surface area contributed by atoms with Crippen LogP contribution in [0.2, 0.25) is 5.02 Å². The summed E-state index contributed by atoms with van der Waals surface area (Å²) in [4.78, 5) is 14.7. The molecule has 17 heavy (non-hydrogen) atoms. The van der Waals surface area contributed by atoms with Crippen molar-refractivity contribution in [2.75, 3.05) is 0 Å². The van der Waals surface area contributed by atoms with Gasteiger partial charge in [-0.15, -0.1) is 0 Å². The van der Waals surface area contributed by atoms with Crippen LogP contribution in [0.1, 0.15) is 10.5 Å². The number of benzene rings is 1. The molecule has 2 N–H and O–H groups in total. The number of halogens is 1. The second-order valence-corrected chi connectivity index (χ2v) is 3.78. The second-order valence-electron chi connectivity index (χ2n) is 3.38. The maximum absolute atomic E-state index is 10.8. The van der Waals surface area contributed by atoms with Crippen LogP contribution in [0.4, 0.5) is 0 Å². The van der Waals surface area contributed by atoms with Crippen molar-refractivity contribution in [1.82, 2.24) is 4.98 Å². The van der Waals surface area contributed by atoms with Crippen molar-refractivity contribution in [3.8, 4) is 17.0 Å². The number of phenols is 1. The molecule has 0 unspecified atom stereocenters. The molecular weight excluding hydrogens is 242 g/mol. The standard InChI is InChI=1S/C12H8ClNO3/c13-9-5-4-7(15)6-8(9)10-2-1-3-11(14-10)12(16)17/h1-6,15H,(H,16,17). The number of phenolic OH excluding ortho intramolecular Hbond substituents is 1. The van der Waals surface area contributed by atoms with Gasteiger partial charge >= 0.3 is 5.97 Å². The van der Waals surface area contributed by atoms with E-state index in [-0.39, 0.29) is 11.4 Å². The van der Waals surface area contributed by atoms with E-state index in [1.54, 1.807) is 12.1 Å². The van der Waals surface area contributed by atoms with Gasteiger partial charge in [-0.2, -0.15) is 0 Å². The summed E-state index contributed by atoms with van der Waals surface area (Å²) >= 11 is 5.96. The molecule has 0 spiro atoms. The van der Waals surface area contributed by atoms with Gasteiger partial charge in [0.2, 0.25) is 0 Å². The number of pyridine rings is 1. The summed E-state index contributed by atoms with van der Waals surface area (Å²) in [6.07, 6.45) is 0. The fourth-order valence-electron chi connectivity index (χ4n) is 1.41. The zero-order chi connectivity index (χ0) is 12.4. The van der Waals surface area contributed by atoms with Crippen molar-refractivity contribution < 1.29 is 15.0 Å². The smallest absolute Gasteiger partial charge is 0.354 e. The van der Waals surface area contributed by atoms with E-state index in [1.807, 2.05) is 0 Å². The van der Waals surface area contributed by atoms with Crippen molar-refractivity contribution in [3.05, 3.63) is 47.1 Å². The van der Waals surface area contributed by atoms with Crippen LogP contribution in [0.15, 0.2) is 36.4 Å². The summed E-state index contributed by atoms with van der Waals surface area (Å²) in [5.41, 5.74) is 0.836. The fourth-order valence-corrected chi connectivity index (χ4v) is 1.63. The Labute approximate surface area is 102 Å². The summed E-state index contributed by atoms with van der Waals surface area (Å²) in [5, 5.41) is 18.6. The van der Waals surface area contributed by atoms with Crippen molar-refractivity contribution in [1.29, 1.82) is 0 Å². The molecule has 0 aliphatic heterocycles. The molecular formula is C12H8ClNO3. The SMILES string of the molecule is O=C(O)c1cccc(-c2cc(O)ccc2Cl)n1. The second kappa shape index (κ2) is 4.43. The molecule has 0 aliphatic rings. The highest BCUT2D eigenvalue weighted by Crippen LogP contribution is 2.29. The molecule has 2 aromatic rings. The van der Waals surface area contributed by atoms with E-state index >= 15 is 0 Å². The van der Waals surface area contributed by atoms with Gasteiger partial charge in [-0.25, -0.2) is 9.78 Å². The molecule has 5 heteroatoms. The number of carboxylic acid groups (broad SMARTS) is 1. The van der Waals surface area contributed by atoms with Crippen molar-refractivity contribution in [2.24, 2.45) is 0 Å². The number of aromatic carboxylic acids is 1. The van der Waals surface area contributed by atoms with E-state index < -0.39 is 5.97 Å². The third-order valence-electron chi connectivity index (χ3n) is 2.19. The Hall–Kier alpha value is -2.07. The predicted octanol–water partition coefficient (Wildman–Crippen LogP) is 2.81. The Morgan fingerprint density at radius 3 is 2.71 bits per heavy atom. The topological polar surface area (TPSA) is 70.4 Å². The van der Waals surface area contributed by atoms with Gasteiger partial charge in [0.15, 0.2) is 0 Å². The molecule has 4 nitrogen and oxygen atoms in total. The molecule has 1 heterocycles. The quantitative estimate of drug-likeness (QED) is 0.859. The zero-order valence-corrected chi connectivity index (χ0v) is 9.35. The minimum absolute atomic E-state index is 0.0481. The van der Waals surface area contributed by atoms with Gasteiger partial charge in [0.05, 0.1) is 10.7 Å². The third-order valence-corrected chi connectivity index (χ3v) is 2.52. The van der Waals surface area contributed by atoms with Crippen LogP contribution in [0.5, 0.6) is 5.75 Å². The lowest BCUT2D eigenvalue weighted by molar-refractivity contribution is 0.0690. The number of hydrogen-bond acceptors (Lipinski definition) is 3. The van der Waals surface area contributed by atoms with Gasteiger partial charge < -0.3 is 10.2 Å². The average molecular weight is 250 g/mol. The molecule has 1 aromatic carbocycles. The number of hydrogen-bond donors (Lipinski definition) is 2. The van der Waals surface area contributed by atoms with E-state index in [0.29, 0.717) is 16.3 Å². The predicted molar refractivity (Wildman–Crippen MR) is 63.3 cm³/mol. The molecule has 86 valence electrons. The van der Waals surface area contributed by atoms with Crippen molar-refractivity contribution in [3.63, 3.8) is 0 Å². The monoisotopic (exact) mass is 249 g/mol. The first-order chi connectivity index (χ1) is 8.08. The van der Waals surface area contributed by atoms with E-state index in [4.69, 9.17) is 16.7 Å². The summed E-state index contributed by atoms with van der Waals surface area (Å²) in [5.74, 6) is -1.06. The molecule has 0 bridgehead atoms. The largest absolute Gasteiger partial charge is 0.508 e. The first-order valence-electron chi connectivity index (χ1n) is 4.77. The van der Waals surface area contributed by atoms with Gasteiger partial charge in [-0.05, 0) is 30.3 Å². The van der Waals surface area contributed by atoms with Crippen LogP contribution in [-0.2, 0) is 0 Å². The molecule has 0 atom stereocenters. The molecule has 2 rings (SSSR count). The highest BCUT2D eigenvalue weighted by molar-refractivity contribution is 6.33. The van der Waals surface area contributed by atoms with E-state index in [0.717, 1.165) is 0 Å². The van der Waals surface area contributed by atoms with Crippen LogP contribution >= 0.6 is 11.6 Å². The van der Waals surface area contributed by atoms with Crippen LogP contribution in [0, 0.1) is 0 Å². The Morgan fingerprint density at radius 2 is 2.00 bits per heavy atom. The fraction of sp³-hybridized carbons (Fsp3) is 0.